The summed E-state index contributed by atoms with van der Waals surface area (Å²) in [5.41, 5.74) is 0.864. The van der Waals surface area contributed by atoms with Crippen LogP contribution in [0, 0.1) is 0 Å². The van der Waals surface area contributed by atoms with Crippen LogP contribution in [0.4, 0.5) is 0 Å². The van der Waals surface area contributed by atoms with E-state index in [1.165, 1.54) is 19.6 Å². The van der Waals surface area contributed by atoms with Crippen LogP contribution >= 0.6 is 0 Å². The molecule has 1 aromatic carbocycles. The number of carboxylic acids is 1. The number of carbonyl (C=O) groups is 2. The van der Waals surface area contributed by atoms with Gasteiger partial charge >= 0.3 is 5.97 Å². The Morgan fingerprint density at radius 3 is 2.96 bits per heavy atom. The topological polar surface area (TPSA) is 111 Å². The van der Waals surface area contributed by atoms with E-state index in [1.54, 1.807) is 12.1 Å². The maximum Gasteiger partial charge on any atom is 0.339 e. The van der Waals surface area contributed by atoms with Crippen LogP contribution in [0.2, 0.25) is 0 Å². The van der Waals surface area contributed by atoms with E-state index in [0.717, 1.165) is 12.8 Å². The van der Waals surface area contributed by atoms with Crippen molar-refractivity contribution in [3.05, 3.63) is 47.2 Å². The normalized spacial score (nSPS) is 16.6. The smallest absolute Gasteiger partial charge is 0.339 e. The summed E-state index contributed by atoms with van der Waals surface area (Å²) in [4.78, 5) is 27.6. The van der Waals surface area contributed by atoms with Gasteiger partial charge in [-0.05, 0) is 30.5 Å². The molecule has 0 bridgehead atoms. The van der Waals surface area contributed by atoms with Crippen molar-refractivity contribution in [2.75, 3.05) is 13.7 Å². The van der Waals surface area contributed by atoms with Crippen molar-refractivity contribution in [2.45, 2.75) is 25.5 Å². The highest BCUT2D eigenvalue weighted by atomic mass is 16.5. The number of benzene rings is 1. The van der Waals surface area contributed by atoms with E-state index >= 15 is 0 Å². The number of nitrogens with zero attached hydrogens (tertiary/aromatic N) is 1. The number of aromatic carboxylic acids is 1. The average Bonchev–Trinajstić information content (AvgIpc) is 3.29. The van der Waals surface area contributed by atoms with Crippen molar-refractivity contribution >= 4 is 11.9 Å². The Balaban J connectivity index is 1.70. The molecular weight excluding hydrogens is 328 g/mol. The minimum atomic E-state index is -1.10. The summed E-state index contributed by atoms with van der Waals surface area (Å²) in [6.45, 7) is 0.789. The van der Waals surface area contributed by atoms with Gasteiger partial charge in [-0.15, -0.1) is 0 Å². The van der Waals surface area contributed by atoms with E-state index in [1.807, 2.05) is 0 Å². The van der Waals surface area contributed by atoms with Gasteiger partial charge in [0.05, 0.1) is 7.11 Å². The fourth-order valence-electron chi connectivity index (χ4n) is 2.74. The molecule has 1 amide bonds. The second-order valence-corrected chi connectivity index (χ2v) is 5.59. The predicted octanol–water partition coefficient (Wildman–Crippen LogP) is 2.16. The Morgan fingerprint density at radius 2 is 2.28 bits per heavy atom. The number of hydrogen-bond donors (Lipinski definition) is 2. The van der Waals surface area contributed by atoms with E-state index in [-0.39, 0.29) is 29.7 Å². The molecule has 1 saturated heterocycles. The maximum absolute atomic E-state index is 12.4. The van der Waals surface area contributed by atoms with Gasteiger partial charge < -0.3 is 24.3 Å². The molecule has 25 heavy (non-hydrogen) atoms. The zero-order valence-corrected chi connectivity index (χ0v) is 13.7. The first kappa shape index (κ1) is 17.0. The van der Waals surface area contributed by atoms with Gasteiger partial charge in [-0.2, -0.15) is 0 Å². The van der Waals surface area contributed by atoms with Crippen LogP contribution in [-0.2, 0) is 11.3 Å². The fourth-order valence-corrected chi connectivity index (χ4v) is 2.74. The first-order valence-corrected chi connectivity index (χ1v) is 7.83. The van der Waals surface area contributed by atoms with Gasteiger partial charge in [0.2, 0.25) is 0 Å². The number of aromatic nitrogens is 1. The fraction of sp³-hybridized carbons (Fsp3) is 0.353. The SMILES string of the molecule is COc1ccc(CNC(=O)c2ncoc2[C@H]2CCCO2)cc1C(=O)O. The molecule has 3 rings (SSSR count). The highest BCUT2D eigenvalue weighted by molar-refractivity contribution is 5.93. The van der Waals surface area contributed by atoms with Crippen LogP contribution < -0.4 is 10.1 Å². The van der Waals surface area contributed by atoms with Gasteiger partial charge in [0, 0.05) is 13.2 Å². The highest BCUT2D eigenvalue weighted by Crippen LogP contribution is 2.30. The van der Waals surface area contributed by atoms with Gasteiger partial charge in [-0.25, -0.2) is 9.78 Å². The lowest BCUT2D eigenvalue weighted by atomic mass is 10.1. The minimum absolute atomic E-state index is 0.0377. The van der Waals surface area contributed by atoms with Crippen molar-refractivity contribution in [2.24, 2.45) is 0 Å². The summed E-state index contributed by atoms with van der Waals surface area (Å²) >= 11 is 0. The first-order chi connectivity index (χ1) is 12.1. The summed E-state index contributed by atoms with van der Waals surface area (Å²) in [5.74, 6) is -0.801. The molecule has 0 saturated carbocycles. The van der Waals surface area contributed by atoms with E-state index in [9.17, 15) is 14.7 Å². The Bertz CT molecular complexity index is 779. The van der Waals surface area contributed by atoms with Crippen LogP contribution in [0.3, 0.4) is 0 Å². The van der Waals surface area contributed by atoms with E-state index in [2.05, 4.69) is 10.3 Å². The zero-order valence-electron chi connectivity index (χ0n) is 13.7. The van der Waals surface area contributed by atoms with Crippen LogP contribution in [0.5, 0.6) is 5.75 Å². The lowest BCUT2D eigenvalue weighted by Crippen LogP contribution is -2.24. The van der Waals surface area contributed by atoms with Gasteiger partial charge in [0.25, 0.3) is 5.91 Å². The Morgan fingerprint density at radius 1 is 1.44 bits per heavy atom. The molecule has 0 spiro atoms. The van der Waals surface area contributed by atoms with Gasteiger partial charge in [0.1, 0.15) is 17.4 Å². The molecule has 132 valence electrons. The number of hydrogen-bond acceptors (Lipinski definition) is 6. The quantitative estimate of drug-likeness (QED) is 0.824. The second-order valence-electron chi connectivity index (χ2n) is 5.59. The molecule has 1 aromatic heterocycles. The summed E-state index contributed by atoms with van der Waals surface area (Å²) in [5, 5.41) is 11.9. The van der Waals surface area contributed by atoms with Crippen molar-refractivity contribution in [1.82, 2.24) is 10.3 Å². The van der Waals surface area contributed by atoms with Crippen molar-refractivity contribution in [3.8, 4) is 5.75 Å². The molecule has 1 aliphatic rings. The third-order valence-corrected chi connectivity index (χ3v) is 3.98. The lowest BCUT2D eigenvalue weighted by molar-refractivity contribution is 0.0693. The van der Waals surface area contributed by atoms with Crippen molar-refractivity contribution in [1.29, 1.82) is 0 Å². The van der Waals surface area contributed by atoms with Gasteiger partial charge in [-0.1, -0.05) is 6.07 Å². The summed E-state index contributed by atoms with van der Waals surface area (Å²) in [6.07, 6.45) is 2.68. The first-order valence-electron chi connectivity index (χ1n) is 7.83. The molecule has 2 N–H and O–H groups in total. The molecule has 8 heteroatoms. The molecular formula is C17H18N2O6. The Hall–Kier alpha value is -2.87. The van der Waals surface area contributed by atoms with Gasteiger partial charge in [-0.3, -0.25) is 4.79 Å². The molecule has 2 aromatic rings. The largest absolute Gasteiger partial charge is 0.496 e. The summed E-state index contributed by atoms with van der Waals surface area (Å²) in [7, 11) is 1.40. The van der Waals surface area contributed by atoms with Crippen molar-refractivity contribution < 1.29 is 28.6 Å². The second kappa shape index (κ2) is 7.35. The minimum Gasteiger partial charge on any atom is -0.496 e. The molecule has 8 nitrogen and oxygen atoms in total. The van der Waals surface area contributed by atoms with Crippen molar-refractivity contribution in [3.63, 3.8) is 0 Å². The molecule has 1 atom stereocenters. The molecule has 0 radical (unpaired) electrons. The summed E-state index contributed by atoms with van der Waals surface area (Å²) in [6, 6.07) is 4.71. The van der Waals surface area contributed by atoms with E-state index < -0.39 is 11.9 Å². The lowest BCUT2D eigenvalue weighted by Gasteiger charge is -2.10. The molecule has 1 fully saturated rings. The van der Waals surface area contributed by atoms with E-state index in [4.69, 9.17) is 13.9 Å². The molecule has 0 unspecified atom stereocenters. The number of ether oxygens (including phenoxy) is 2. The van der Waals surface area contributed by atoms with Crippen LogP contribution in [-0.4, -0.2) is 35.7 Å². The summed E-state index contributed by atoms with van der Waals surface area (Å²) < 4.78 is 15.9. The Kier molecular flexibility index (Phi) is 4.99. The zero-order chi connectivity index (χ0) is 17.8. The standard InChI is InChI=1S/C17H18N2O6/c1-23-12-5-4-10(7-11(12)17(21)22)8-18-16(20)14-15(25-9-19-14)13-3-2-6-24-13/h4-5,7,9,13H,2-3,6,8H2,1H3,(H,18,20)(H,21,22)/t13-/m1/s1. The number of methoxy groups -OCH3 is 1. The number of rotatable bonds is 6. The number of carbonyl (C=O) groups excluding carboxylic acids is 1. The monoisotopic (exact) mass is 346 g/mol. The van der Waals surface area contributed by atoms with Crippen LogP contribution in [0.15, 0.2) is 29.0 Å². The maximum atomic E-state index is 12.4. The number of nitrogens with one attached hydrogen (secondary N) is 1. The molecule has 1 aliphatic heterocycles. The predicted molar refractivity (Wildman–Crippen MR) is 85.6 cm³/mol. The number of oxazole rings is 1. The van der Waals surface area contributed by atoms with E-state index in [0.29, 0.717) is 17.9 Å². The Labute approximate surface area is 143 Å². The third-order valence-electron chi connectivity index (χ3n) is 3.98. The average molecular weight is 346 g/mol. The van der Waals surface area contributed by atoms with Gasteiger partial charge in [0.15, 0.2) is 17.8 Å². The molecule has 0 aliphatic carbocycles. The van der Waals surface area contributed by atoms with Crippen LogP contribution in [0.25, 0.3) is 0 Å². The molecule has 2 heterocycles. The number of amides is 1. The number of carboxylic acid groups (broad SMARTS) is 1. The van der Waals surface area contributed by atoms with Crippen LogP contribution in [0.1, 0.15) is 51.1 Å². The highest BCUT2D eigenvalue weighted by Gasteiger charge is 2.27. The third kappa shape index (κ3) is 3.63.